The van der Waals surface area contributed by atoms with E-state index < -0.39 is 17.8 Å². The van der Waals surface area contributed by atoms with E-state index in [1.807, 2.05) is 0 Å². The number of nitrogens with one attached hydrogen (secondary N) is 1. The fourth-order valence-corrected chi connectivity index (χ4v) is 1.76. The molecule has 2 rings (SSSR count). The molecule has 1 aliphatic rings. The maximum absolute atomic E-state index is 13.0. The van der Waals surface area contributed by atoms with E-state index in [-0.39, 0.29) is 11.3 Å². The Kier molecular flexibility index (Phi) is 3.96. The zero-order valence-corrected chi connectivity index (χ0v) is 10.1. The van der Waals surface area contributed by atoms with Crippen LogP contribution in [-0.4, -0.2) is 48.3 Å². The Labute approximate surface area is 108 Å². The Morgan fingerprint density at radius 2 is 2.00 bits per heavy atom. The second kappa shape index (κ2) is 5.66. The number of nitrogens with zero attached hydrogens (tertiary/aromatic N) is 1. The van der Waals surface area contributed by atoms with Gasteiger partial charge in [0.05, 0.1) is 24.5 Å². The number of carbonyl (C=O) groups excluding carboxylic acids is 1. The number of halogens is 1. The van der Waals surface area contributed by atoms with E-state index in [4.69, 9.17) is 9.84 Å². The van der Waals surface area contributed by atoms with Gasteiger partial charge >= 0.3 is 12.0 Å². The number of urea groups is 1. The summed E-state index contributed by atoms with van der Waals surface area (Å²) in [5.41, 5.74) is -0.202. The monoisotopic (exact) mass is 268 g/mol. The van der Waals surface area contributed by atoms with Gasteiger partial charge in [-0.05, 0) is 18.2 Å². The molecule has 1 aromatic rings. The molecule has 0 saturated carbocycles. The van der Waals surface area contributed by atoms with Crippen LogP contribution in [0, 0.1) is 5.82 Å². The van der Waals surface area contributed by atoms with Gasteiger partial charge in [-0.2, -0.15) is 0 Å². The molecular formula is C12H13FN2O4. The predicted molar refractivity (Wildman–Crippen MR) is 64.8 cm³/mol. The first-order chi connectivity index (χ1) is 9.08. The zero-order valence-electron chi connectivity index (χ0n) is 10.1. The van der Waals surface area contributed by atoms with E-state index >= 15 is 0 Å². The van der Waals surface area contributed by atoms with E-state index in [1.165, 1.54) is 11.0 Å². The van der Waals surface area contributed by atoms with Crippen molar-refractivity contribution in [3.05, 3.63) is 29.6 Å². The van der Waals surface area contributed by atoms with Crippen molar-refractivity contribution in [1.82, 2.24) is 4.90 Å². The Morgan fingerprint density at radius 3 is 2.63 bits per heavy atom. The number of benzene rings is 1. The molecule has 102 valence electrons. The van der Waals surface area contributed by atoms with E-state index in [0.29, 0.717) is 26.3 Å². The van der Waals surface area contributed by atoms with Crippen molar-refractivity contribution in [1.29, 1.82) is 0 Å². The third-order valence-electron chi connectivity index (χ3n) is 2.75. The lowest BCUT2D eigenvalue weighted by atomic mass is 10.1. The van der Waals surface area contributed by atoms with Crippen molar-refractivity contribution in [2.24, 2.45) is 0 Å². The molecule has 1 fully saturated rings. The quantitative estimate of drug-likeness (QED) is 0.849. The van der Waals surface area contributed by atoms with Gasteiger partial charge < -0.3 is 20.1 Å². The van der Waals surface area contributed by atoms with E-state index in [9.17, 15) is 14.0 Å². The number of carboxylic acid groups (broad SMARTS) is 1. The van der Waals surface area contributed by atoms with Crippen LogP contribution in [0.25, 0.3) is 0 Å². The number of carbonyl (C=O) groups is 2. The van der Waals surface area contributed by atoms with Crippen LogP contribution in [0.4, 0.5) is 14.9 Å². The van der Waals surface area contributed by atoms with E-state index in [2.05, 4.69) is 5.32 Å². The van der Waals surface area contributed by atoms with Gasteiger partial charge in [0.25, 0.3) is 0 Å². The molecule has 0 radical (unpaired) electrons. The van der Waals surface area contributed by atoms with Crippen LogP contribution >= 0.6 is 0 Å². The SMILES string of the molecule is O=C(O)c1cc(F)ccc1NC(=O)N1CCOCC1. The molecule has 0 unspecified atom stereocenters. The first-order valence-corrected chi connectivity index (χ1v) is 5.74. The van der Waals surface area contributed by atoms with E-state index in [1.54, 1.807) is 0 Å². The summed E-state index contributed by atoms with van der Waals surface area (Å²) < 4.78 is 18.1. The van der Waals surface area contributed by atoms with Gasteiger partial charge in [-0.1, -0.05) is 0 Å². The van der Waals surface area contributed by atoms with Crippen LogP contribution in [0.2, 0.25) is 0 Å². The lowest BCUT2D eigenvalue weighted by molar-refractivity contribution is 0.0564. The minimum Gasteiger partial charge on any atom is -0.478 e. The first kappa shape index (κ1) is 13.3. The highest BCUT2D eigenvalue weighted by atomic mass is 19.1. The van der Waals surface area contributed by atoms with Crippen LogP contribution in [0.1, 0.15) is 10.4 Å². The van der Waals surface area contributed by atoms with Crippen molar-refractivity contribution in [3.63, 3.8) is 0 Å². The van der Waals surface area contributed by atoms with Crippen LogP contribution in [0.5, 0.6) is 0 Å². The largest absolute Gasteiger partial charge is 0.478 e. The molecule has 1 aliphatic heterocycles. The lowest BCUT2D eigenvalue weighted by Gasteiger charge is -2.27. The molecule has 0 aromatic heterocycles. The summed E-state index contributed by atoms with van der Waals surface area (Å²) >= 11 is 0. The molecule has 7 heteroatoms. The summed E-state index contributed by atoms with van der Waals surface area (Å²) in [6, 6.07) is 2.79. The van der Waals surface area contributed by atoms with Gasteiger partial charge in [0.15, 0.2) is 0 Å². The van der Waals surface area contributed by atoms with Crippen molar-refractivity contribution < 1.29 is 23.8 Å². The summed E-state index contributed by atoms with van der Waals surface area (Å²) in [5, 5.41) is 11.4. The van der Waals surface area contributed by atoms with Crippen LogP contribution in [0.3, 0.4) is 0 Å². The number of hydrogen-bond donors (Lipinski definition) is 2. The summed E-state index contributed by atoms with van der Waals surface area (Å²) in [5.74, 6) is -1.96. The fourth-order valence-electron chi connectivity index (χ4n) is 1.76. The van der Waals surface area contributed by atoms with Crippen LogP contribution in [0.15, 0.2) is 18.2 Å². The Hall–Kier alpha value is -2.15. The van der Waals surface area contributed by atoms with Crippen molar-refractivity contribution >= 4 is 17.7 Å². The van der Waals surface area contributed by atoms with Gasteiger partial charge in [-0.25, -0.2) is 14.0 Å². The van der Waals surface area contributed by atoms with Crippen LogP contribution in [-0.2, 0) is 4.74 Å². The number of ether oxygens (including phenoxy) is 1. The van der Waals surface area contributed by atoms with Gasteiger partial charge in [-0.15, -0.1) is 0 Å². The maximum atomic E-state index is 13.0. The highest BCUT2D eigenvalue weighted by Crippen LogP contribution is 2.18. The predicted octanol–water partition coefficient (Wildman–Crippen LogP) is 1.39. The molecule has 1 saturated heterocycles. The summed E-state index contributed by atoms with van der Waals surface area (Å²) in [6.07, 6.45) is 0. The molecule has 2 N–H and O–H groups in total. The maximum Gasteiger partial charge on any atom is 0.337 e. The topological polar surface area (TPSA) is 78.9 Å². The van der Waals surface area contributed by atoms with Crippen molar-refractivity contribution in [2.45, 2.75) is 0 Å². The number of hydrogen-bond acceptors (Lipinski definition) is 3. The standard InChI is InChI=1S/C12H13FN2O4/c13-8-1-2-10(9(7-8)11(16)17)14-12(18)15-3-5-19-6-4-15/h1-2,7H,3-6H2,(H,14,18)(H,16,17). The first-order valence-electron chi connectivity index (χ1n) is 5.74. The fraction of sp³-hybridized carbons (Fsp3) is 0.333. The highest BCUT2D eigenvalue weighted by molar-refractivity contribution is 6.00. The average Bonchev–Trinajstić information content (AvgIpc) is 2.41. The molecule has 0 bridgehead atoms. The summed E-state index contributed by atoms with van der Waals surface area (Å²) in [6.45, 7) is 1.77. The minimum absolute atomic E-state index is 0.0744. The molecule has 6 nitrogen and oxygen atoms in total. The molecule has 1 heterocycles. The van der Waals surface area contributed by atoms with Gasteiger partial charge in [0.1, 0.15) is 5.82 Å². The second-order valence-corrected chi connectivity index (χ2v) is 4.02. The van der Waals surface area contributed by atoms with Gasteiger partial charge in [0.2, 0.25) is 0 Å². The van der Waals surface area contributed by atoms with Crippen LogP contribution < -0.4 is 5.32 Å². The zero-order chi connectivity index (χ0) is 13.8. The number of aromatic carboxylic acids is 1. The molecule has 1 aromatic carbocycles. The minimum atomic E-state index is -1.29. The molecule has 0 atom stereocenters. The Balaban J connectivity index is 2.13. The summed E-state index contributed by atoms with van der Waals surface area (Å²) in [7, 11) is 0. The van der Waals surface area contributed by atoms with E-state index in [0.717, 1.165) is 12.1 Å². The van der Waals surface area contributed by atoms with Crippen molar-refractivity contribution in [2.75, 3.05) is 31.6 Å². The number of morpholine rings is 1. The average molecular weight is 268 g/mol. The molecular weight excluding hydrogens is 255 g/mol. The smallest absolute Gasteiger partial charge is 0.337 e. The Bertz CT molecular complexity index is 501. The molecule has 19 heavy (non-hydrogen) atoms. The van der Waals surface area contributed by atoms with Gasteiger partial charge in [-0.3, -0.25) is 0 Å². The number of rotatable bonds is 2. The lowest BCUT2D eigenvalue weighted by Crippen LogP contribution is -2.43. The molecule has 0 spiro atoms. The number of anilines is 1. The normalized spacial score (nSPS) is 15.1. The molecule has 2 amide bonds. The number of carboxylic acids is 1. The Morgan fingerprint density at radius 1 is 1.32 bits per heavy atom. The third kappa shape index (κ3) is 3.19. The third-order valence-corrected chi connectivity index (χ3v) is 2.75. The summed E-state index contributed by atoms with van der Waals surface area (Å²) in [4.78, 5) is 24.4. The highest BCUT2D eigenvalue weighted by Gasteiger charge is 2.19. The number of amides is 2. The second-order valence-electron chi connectivity index (χ2n) is 4.02. The van der Waals surface area contributed by atoms with Gasteiger partial charge in [0, 0.05) is 13.1 Å². The molecule has 0 aliphatic carbocycles. The van der Waals surface area contributed by atoms with Crippen molar-refractivity contribution in [3.8, 4) is 0 Å².